The predicted octanol–water partition coefficient (Wildman–Crippen LogP) is 3.25. The molecular formula is C24H21N5O5S. The highest BCUT2D eigenvalue weighted by molar-refractivity contribution is 7.91. The van der Waals surface area contributed by atoms with Crippen LogP contribution in [0.15, 0.2) is 59.9 Å². The fourth-order valence-electron chi connectivity index (χ4n) is 3.82. The number of nitrogens with zero attached hydrogens (tertiary/aromatic N) is 4. The van der Waals surface area contributed by atoms with Crippen LogP contribution in [0.25, 0.3) is 22.6 Å². The highest BCUT2D eigenvalue weighted by Crippen LogP contribution is 2.33. The summed E-state index contributed by atoms with van der Waals surface area (Å²) in [5, 5.41) is 0. The van der Waals surface area contributed by atoms with Crippen molar-refractivity contribution in [2.24, 2.45) is 0 Å². The summed E-state index contributed by atoms with van der Waals surface area (Å²) in [6.45, 7) is 1.63. The molecule has 1 saturated heterocycles. The van der Waals surface area contributed by atoms with E-state index in [1.54, 1.807) is 49.8 Å². The van der Waals surface area contributed by atoms with Crippen molar-refractivity contribution >= 4 is 32.7 Å². The van der Waals surface area contributed by atoms with Gasteiger partial charge in [-0.3, -0.25) is 19.5 Å². The molecule has 0 aliphatic carbocycles. The third-order valence-corrected chi connectivity index (χ3v) is 7.49. The number of hydrogen-bond acceptors (Lipinski definition) is 8. The molecule has 1 aliphatic rings. The van der Waals surface area contributed by atoms with E-state index >= 15 is 0 Å². The van der Waals surface area contributed by atoms with Crippen LogP contribution in [-0.2, 0) is 26.0 Å². The minimum Gasteiger partial charge on any atom is -0.457 e. The Morgan fingerprint density at radius 3 is 2.46 bits per heavy atom. The molecule has 11 heteroatoms. The number of benzene rings is 2. The minimum absolute atomic E-state index is 0.000799. The number of imidazole rings is 1. The minimum atomic E-state index is -3.34. The molecule has 1 aliphatic heterocycles. The van der Waals surface area contributed by atoms with Crippen molar-refractivity contribution < 1.29 is 22.7 Å². The molecule has 35 heavy (non-hydrogen) atoms. The summed E-state index contributed by atoms with van der Waals surface area (Å²) in [7, 11) is -3.34. The van der Waals surface area contributed by atoms with Gasteiger partial charge in [0.2, 0.25) is 11.8 Å². The third kappa shape index (κ3) is 4.50. The number of nitrogens with one attached hydrogen (secondary N) is 1. The number of rotatable bonds is 7. The number of fused-ring (bicyclic) bond motifs is 1. The van der Waals surface area contributed by atoms with Crippen LogP contribution in [0, 0.1) is 0 Å². The molecule has 0 atom stereocenters. The van der Waals surface area contributed by atoms with Gasteiger partial charge < -0.3 is 9.72 Å². The van der Waals surface area contributed by atoms with E-state index in [2.05, 4.69) is 19.9 Å². The Hall–Kier alpha value is -4.12. The van der Waals surface area contributed by atoms with Crippen LogP contribution in [0.5, 0.6) is 11.5 Å². The zero-order valence-electron chi connectivity index (χ0n) is 18.8. The van der Waals surface area contributed by atoms with E-state index in [1.807, 2.05) is 0 Å². The van der Waals surface area contributed by atoms with Gasteiger partial charge in [0.15, 0.2) is 15.7 Å². The lowest BCUT2D eigenvalue weighted by atomic mass is 10.1. The maximum atomic E-state index is 12.2. The lowest BCUT2D eigenvalue weighted by Gasteiger charge is -2.17. The second kappa shape index (κ2) is 8.91. The highest BCUT2D eigenvalue weighted by atomic mass is 32.2. The van der Waals surface area contributed by atoms with Gasteiger partial charge >= 0.3 is 0 Å². The highest BCUT2D eigenvalue weighted by Gasteiger charge is 2.30. The number of carbonyl (C=O) groups excluding carboxylic acids is 2. The first-order valence-corrected chi connectivity index (χ1v) is 12.6. The van der Waals surface area contributed by atoms with Crippen LogP contribution >= 0.6 is 0 Å². The van der Waals surface area contributed by atoms with Crippen molar-refractivity contribution in [1.82, 2.24) is 24.8 Å². The third-order valence-electron chi connectivity index (χ3n) is 5.74. The molecule has 0 saturated carbocycles. The number of likely N-dealkylation sites (tertiary alicyclic amines) is 1. The Morgan fingerprint density at radius 1 is 1.06 bits per heavy atom. The molecule has 5 rings (SSSR count). The first-order valence-electron chi connectivity index (χ1n) is 11.0. The molecule has 0 bridgehead atoms. The lowest BCUT2D eigenvalue weighted by Crippen LogP contribution is -2.28. The smallest absolute Gasteiger partial charge is 0.230 e. The van der Waals surface area contributed by atoms with Gasteiger partial charge in [0.25, 0.3) is 0 Å². The predicted molar refractivity (Wildman–Crippen MR) is 126 cm³/mol. The molecule has 178 valence electrons. The van der Waals surface area contributed by atoms with Gasteiger partial charge in [0.1, 0.15) is 17.2 Å². The number of carbonyl (C=O) groups is 2. The van der Waals surface area contributed by atoms with Crippen molar-refractivity contribution in [3.8, 4) is 23.0 Å². The summed E-state index contributed by atoms with van der Waals surface area (Å²) >= 11 is 0. The molecule has 1 fully saturated rings. The van der Waals surface area contributed by atoms with E-state index in [-0.39, 0.29) is 41.8 Å². The standard InChI is InChI=1S/C24H21N5O5S/c1-2-35(32,33)17-5-3-16(4-6-17)34-21-12-19-18(27-24(28-19)20-13-25-9-10-26-20)11-15(21)14-29-22(30)7-8-23(29)31/h3-6,9-13H,2,7-8,14H2,1H3,(H,27,28). The van der Waals surface area contributed by atoms with Gasteiger partial charge in [0, 0.05) is 36.9 Å². The zero-order chi connectivity index (χ0) is 24.6. The van der Waals surface area contributed by atoms with Crippen LogP contribution < -0.4 is 4.74 Å². The summed E-state index contributed by atoms with van der Waals surface area (Å²) in [4.78, 5) is 42.0. The average molecular weight is 492 g/mol. The van der Waals surface area contributed by atoms with E-state index in [0.717, 1.165) is 0 Å². The SMILES string of the molecule is CCS(=O)(=O)c1ccc(Oc2cc3nc(-c4cnccn4)[nH]c3cc2CN2C(=O)CCC2=O)cc1. The number of ether oxygens (including phenoxy) is 1. The molecule has 2 amide bonds. The van der Waals surface area contributed by atoms with Gasteiger partial charge in [-0.25, -0.2) is 18.4 Å². The Balaban J connectivity index is 1.54. The van der Waals surface area contributed by atoms with Crippen LogP contribution in [0.4, 0.5) is 0 Å². The van der Waals surface area contributed by atoms with E-state index < -0.39 is 9.84 Å². The van der Waals surface area contributed by atoms with Crippen LogP contribution in [0.1, 0.15) is 25.3 Å². The number of amides is 2. The zero-order valence-corrected chi connectivity index (χ0v) is 19.6. The summed E-state index contributed by atoms with van der Waals surface area (Å²) in [5.74, 6) is 0.843. The van der Waals surface area contributed by atoms with E-state index in [4.69, 9.17) is 4.74 Å². The van der Waals surface area contributed by atoms with Gasteiger partial charge in [-0.1, -0.05) is 6.92 Å². The Kier molecular flexibility index (Phi) is 5.77. The number of aromatic amines is 1. The average Bonchev–Trinajstić information content (AvgIpc) is 3.43. The normalized spacial score (nSPS) is 14.1. The lowest BCUT2D eigenvalue weighted by molar-refractivity contribution is -0.139. The van der Waals surface area contributed by atoms with Crippen molar-refractivity contribution in [2.75, 3.05) is 5.75 Å². The van der Waals surface area contributed by atoms with Gasteiger partial charge in [-0.2, -0.15) is 0 Å². The first-order chi connectivity index (χ1) is 16.8. The first kappa shape index (κ1) is 22.7. The van der Waals surface area contributed by atoms with E-state index in [1.165, 1.54) is 17.0 Å². The van der Waals surface area contributed by atoms with Crippen LogP contribution in [-0.4, -0.2) is 50.8 Å². The molecule has 3 heterocycles. The molecule has 0 spiro atoms. The quantitative estimate of drug-likeness (QED) is 0.389. The van der Waals surface area contributed by atoms with Crippen molar-refractivity contribution in [1.29, 1.82) is 0 Å². The fraction of sp³-hybridized carbons (Fsp3) is 0.208. The monoisotopic (exact) mass is 491 g/mol. The number of aromatic nitrogens is 4. The Bertz CT molecular complexity index is 1520. The van der Waals surface area contributed by atoms with Gasteiger partial charge in [0.05, 0.1) is 34.4 Å². The van der Waals surface area contributed by atoms with Crippen molar-refractivity contribution in [2.45, 2.75) is 31.2 Å². The second-order valence-electron chi connectivity index (χ2n) is 8.00. The molecule has 1 N–H and O–H groups in total. The van der Waals surface area contributed by atoms with Crippen molar-refractivity contribution in [3.63, 3.8) is 0 Å². The molecular weight excluding hydrogens is 470 g/mol. The summed E-state index contributed by atoms with van der Waals surface area (Å²) in [6.07, 6.45) is 5.09. The molecule has 2 aromatic carbocycles. The maximum absolute atomic E-state index is 12.2. The van der Waals surface area contributed by atoms with E-state index in [0.29, 0.717) is 39.6 Å². The molecule has 4 aromatic rings. The fourth-order valence-corrected chi connectivity index (χ4v) is 4.71. The van der Waals surface area contributed by atoms with Gasteiger partial charge in [-0.15, -0.1) is 0 Å². The summed E-state index contributed by atoms with van der Waals surface area (Å²) < 4.78 is 30.3. The number of sulfone groups is 1. The van der Waals surface area contributed by atoms with Crippen LogP contribution in [0.3, 0.4) is 0 Å². The van der Waals surface area contributed by atoms with Gasteiger partial charge in [-0.05, 0) is 30.3 Å². The topological polar surface area (TPSA) is 135 Å². The number of imide groups is 1. The molecule has 0 radical (unpaired) electrons. The largest absolute Gasteiger partial charge is 0.457 e. The van der Waals surface area contributed by atoms with Crippen LogP contribution in [0.2, 0.25) is 0 Å². The second-order valence-corrected chi connectivity index (χ2v) is 10.3. The molecule has 10 nitrogen and oxygen atoms in total. The number of H-pyrrole nitrogens is 1. The maximum Gasteiger partial charge on any atom is 0.230 e. The Morgan fingerprint density at radius 2 is 1.80 bits per heavy atom. The number of hydrogen-bond donors (Lipinski definition) is 1. The summed E-state index contributed by atoms with van der Waals surface area (Å²) in [6, 6.07) is 9.60. The van der Waals surface area contributed by atoms with E-state index in [9.17, 15) is 18.0 Å². The molecule has 0 unspecified atom stereocenters. The Labute approximate surface area is 200 Å². The summed E-state index contributed by atoms with van der Waals surface area (Å²) in [5.41, 5.74) is 2.43. The molecule has 2 aromatic heterocycles. The van der Waals surface area contributed by atoms with Crippen molar-refractivity contribution in [3.05, 3.63) is 60.6 Å².